The van der Waals surface area contributed by atoms with E-state index in [4.69, 9.17) is 4.74 Å². The van der Waals surface area contributed by atoms with Crippen molar-refractivity contribution in [1.29, 1.82) is 0 Å². The van der Waals surface area contributed by atoms with Gasteiger partial charge in [0.2, 0.25) is 5.91 Å². The van der Waals surface area contributed by atoms with E-state index >= 15 is 0 Å². The van der Waals surface area contributed by atoms with Crippen LogP contribution in [0.25, 0.3) is 11.0 Å². The first-order valence-corrected chi connectivity index (χ1v) is 6.78. The number of hydrogen-bond donors (Lipinski definition) is 1. The van der Waals surface area contributed by atoms with Gasteiger partial charge in [-0.3, -0.25) is 14.2 Å². The Morgan fingerprint density at radius 3 is 2.68 bits per heavy atom. The van der Waals surface area contributed by atoms with Crippen molar-refractivity contribution in [2.24, 2.45) is 7.05 Å². The number of aromatic nitrogens is 3. The molecule has 0 aliphatic heterocycles. The van der Waals surface area contributed by atoms with Gasteiger partial charge < -0.3 is 10.1 Å². The molecular weight excluding hydrogens is 288 g/mol. The minimum absolute atomic E-state index is 0.0799. The largest absolute Gasteiger partial charge is 0.496 e. The first-order valence-electron chi connectivity index (χ1n) is 6.78. The maximum Gasteiger partial charge on any atom is 0.332 e. The second-order valence-corrected chi connectivity index (χ2v) is 5.17. The van der Waals surface area contributed by atoms with Crippen LogP contribution in [0.2, 0.25) is 0 Å². The third-order valence-electron chi connectivity index (χ3n) is 3.16. The third-order valence-corrected chi connectivity index (χ3v) is 3.16. The highest BCUT2D eigenvalue weighted by atomic mass is 16.5. The zero-order chi connectivity index (χ0) is 16.4. The number of rotatable bonds is 4. The molecule has 0 aromatic carbocycles. The second kappa shape index (κ2) is 6.00. The van der Waals surface area contributed by atoms with E-state index in [1.54, 1.807) is 13.8 Å². The van der Waals surface area contributed by atoms with Gasteiger partial charge in [0.05, 0.1) is 7.11 Å². The van der Waals surface area contributed by atoms with Gasteiger partial charge >= 0.3 is 5.69 Å². The maximum atomic E-state index is 12.6. The van der Waals surface area contributed by atoms with Crippen molar-refractivity contribution < 1.29 is 9.53 Å². The summed E-state index contributed by atoms with van der Waals surface area (Å²) < 4.78 is 7.26. The number of aryl methyl sites for hydroxylation is 1. The average molecular weight is 306 g/mol. The van der Waals surface area contributed by atoms with Crippen LogP contribution in [0.15, 0.2) is 21.9 Å². The van der Waals surface area contributed by atoms with Gasteiger partial charge in [-0.1, -0.05) is 0 Å². The highest BCUT2D eigenvalue weighted by Crippen LogP contribution is 2.18. The summed E-state index contributed by atoms with van der Waals surface area (Å²) in [5.41, 5.74) is -0.978. The molecule has 0 radical (unpaired) electrons. The highest BCUT2D eigenvalue weighted by molar-refractivity contribution is 5.81. The van der Waals surface area contributed by atoms with Gasteiger partial charge in [-0.2, -0.15) is 0 Å². The molecule has 0 unspecified atom stereocenters. The minimum atomic E-state index is -0.600. The molecule has 0 bridgehead atoms. The number of carbonyl (C=O) groups is 1. The van der Waals surface area contributed by atoms with Crippen molar-refractivity contribution in [3.63, 3.8) is 0 Å². The Morgan fingerprint density at radius 1 is 1.41 bits per heavy atom. The third kappa shape index (κ3) is 2.72. The lowest BCUT2D eigenvalue weighted by molar-refractivity contribution is -0.122. The Morgan fingerprint density at radius 2 is 2.09 bits per heavy atom. The smallest absolute Gasteiger partial charge is 0.332 e. The number of ether oxygens (including phenoxy) is 1. The summed E-state index contributed by atoms with van der Waals surface area (Å²) in [5.74, 6) is -0.0972. The van der Waals surface area contributed by atoms with E-state index < -0.39 is 17.2 Å². The quantitative estimate of drug-likeness (QED) is 0.831. The van der Waals surface area contributed by atoms with Gasteiger partial charge in [0.25, 0.3) is 5.56 Å². The number of nitrogens with one attached hydrogen (secondary N) is 1. The molecule has 2 aromatic heterocycles. The van der Waals surface area contributed by atoms with Crippen molar-refractivity contribution in [1.82, 2.24) is 19.4 Å². The molecule has 22 heavy (non-hydrogen) atoms. The Bertz CT molecular complexity index is 835. The maximum absolute atomic E-state index is 12.6. The fraction of sp³-hybridized carbons (Fsp3) is 0.429. The minimum Gasteiger partial charge on any atom is -0.496 e. The van der Waals surface area contributed by atoms with Crippen molar-refractivity contribution >= 4 is 16.9 Å². The average Bonchev–Trinajstić information content (AvgIpc) is 2.47. The lowest BCUT2D eigenvalue weighted by Crippen LogP contribution is -2.44. The van der Waals surface area contributed by atoms with Gasteiger partial charge in [-0.15, -0.1) is 0 Å². The molecule has 8 heteroatoms. The molecule has 0 saturated heterocycles. The fourth-order valence-corrected chi connectivity index (χ4v) is 2.20. The molecule has 1 N–H and O–H groups in total. The molecule has 0 saturated carbocycles. The Balaban J connectivity index is 2.68. The molecule has 0 atom stereocenters. The molecule has 0 aliphatic carbocycles. The molecule has 0 aliphatic rings. The van der Waals surface area contributed by atoms with Crippen LogP contribution in [-0.2, 0) is 18.4 Å². The Hall–Kier alpha value is -2.64. The topological polar surface area (TPSA) is 95.2 Å². The van der Waals surface area contributed by atoms with Gasteiger partial charge in [0.15, 0.2) is 5.65 Å². The lowest BCUT2D eigenvalue weighted by atomic mass is 10.3. The van der Waals surface area contributed by atoms with Gasteiger partial charge in [-0.05, 0) is 19.9 Å². The first kappa shape index (κ1) is 15.7. The van der Waals surface area contributed by atoms with Gasteiger partial charge in [0, 0.05) is 19.3 Å². The van der Waals surface area contributed by atoms with Crippen molar-refractivity contribution in [2.45, 2.75) is 26.4 Å². The number of nitrogens with zero attached hydrogens (tertiary/aromatic N) is 3. The van der Waals surface area contributed by atoms with E-state index in [-0.39, 0.29) is 23.6 Å². The normalized spacial score (nSPS) is 11.0. The zero-order valence-corrected chi connectivity index (χ0v) is 12.9. The number of fused-ring (bicyclic) bond motifs is 1. The summed E-state index contributed by atoms with van der Waals surface area (Å²) in [6.07, 6.45) is 1.45. The van der Waals surface area contributed by atoms with E-state index in [0.717, 1.165) is 4.57 Å². The van der Waals surface area contributed by atoms with Crippen LogP contribution in [-0.4, -0.2) is 33.2 Å². The van der Waals surface area contributed by atoms with E-state index in [2.05, 4.69) is 10.3 Å². The van der Waals surface area contributed by atoms with Crippen LogP contribution in [0, 0.1) is 0 Å². The molecule has 2 rings (SSSR count). The van der Waals surface area contributed by atoms with Crippen molar-refractivity contribution in [2.75, 3.05) is 7.11 Å². The summed E-state index contributed by atoms with van der Waals surface area (Å²) >= 11 is 0. The molecule has 0 spiro atoms. The Labute approximate surface area is 126 Å². The molecule has 8 nitrogen and oxygen atoms in total. The number of carbonyl (C=O) groups excluding carboxylic acids is 1. The fourth-order valence-electron chi connectivity index (χ4n) is 2.20. The van der Waals surface area contributed by atoms with Gasteiger partial charge in [0.1, 0.15) is 17.7 Å². The molecule has 2 heterocycles. The molecular formula is C14H18N4O4. The number of hydrogen-bond acceptors (Lipinski definition) is 5. The molecule has 2 aromatic rings. The van der Waals surface area contributed by atoms with E-state index in [0.29, 0.717) is 5.75 Å². The zero-order valence-electron chi connectivity index (χ0n) is 12.9. The second-order valence-electron chi connectivity index (χ2n) is 5.17. The van der Waals surface area contributed by atoms with Crippen LogP contribution in [0.5, 0.6) is 5.75 Å². The molecule has 1 amide bonds. The van der Waals surface area contributed by atoms with Crippen LogP contribution >= 0.6 is 0 Å². The predicted octanol–water partition coefficient (Wildman–Crippen LogP) is -0.372. The highest BCUT2D eigenvalue weighted by Gasteiger charge is 2.17. The van der Waals surface area contributed by atoms with Crippen LogP contribution in [0.4, 0.5) is 0 Å². The van der Waals surface area contributed by atoms with Gasteiger partial charge in [-0.25, -0.2) is 14.3 Å². The number of methoxy groups -OCH3 is 1. The summed E-state index contributed by atoms with van der Waals surface area (Å²) in [5, 5.41) is 2.82. The SMILES string of the molecule is COc1ccnc2c1c(=O)n(CC(=O)NC(C)C)c(=O)n2C. The van der Waals surface area contributed by atoms with E-state index in [1.807, 2.05) is 0 Å². The summed E-state index contributed by atoms with van der Waals surface area (Å²) in [4.78, 5) is 40.8. The van der Waals surface area contributed by atoms with Crippen molar-refractivity contribution in [3.05, 3.63) is 33.1 Å². The monoisotopic (exact) mass is 306 g/mol. The van der Waals surface area contributed by atoms with E-state index in [1.165, 1.54) is 31.0 Å². The van der Waals surface area contributed by atoms with E-state index in [9.17, 15) is 14.4 Å². The summed E-state index contributed by atoms with van der Waals surface area (Å²) in [7, 11) is 2.92. The Kier molecular flexibility index (Phi) is 4.30. The first-order chi connectivity index (χ1) is 10.4. The van der Waals surface area contributed by atoms with Crippen LogP contribution < -0.4 is 21.3 Å². The number of pyridine rings is 1. The number of amides is 1. The lowest BCUT2D eigenvalue weighted by Gasteiger charge is -2.13. The standard InChI is InChI=1S/C14H18N4O4/c1-8(2)16-10(19)7-18-13(20)11-9(22-4)5-6-15-12(11)17(3)14(18)21/h5-6,8H,7H2,1-4H3,(H,16,19). The van der Waals surface area contributed by atoms with Crippen LogP contribution in [0.3, 0.4) is 0 Å². The molecule has 0 fully saturated rings. The van der Waals surface area contributed by atoms with Crippen molar-refractivity contribution in [3.8, 4) is 5.75 Å². The summed E-state index contributed by atoms with van der Waals surface area (Å²) in [6, 6.07) is 1.45. The predicted molar refractivity (Wildman–Crippen MR) is 81.1 cm³/mol. The molecule has 118 valence electrons. The van der Waals surface area contributed by atoms with Crippen LogP contribution in [0.1, 0.15) is 13.8 Å². The summed E-state index contributed by atoms with van der Waals surface area (Å²) in [6.45, 7) is 3.25.